The lowest BCUT2D eigenvalue weighted by molar-refractivity contribution is -0.133. The molecule has 0 bridgehead atoms. The first-order valence-corrected chi connectivity index (χ1v) is 9.92. The third-order valence-corrected chi connectivity index (χ3v) is 6.05. The molecule has 2 heterocycles. The van der Waals surface area contributed by atoms with E-state index in [2.05, 4.69) is 52.2 Å². The van der Waals surface area contributed by atoms with Crippen molar-refractivity contribution >= 4 is 17.2 Å². The molecule has 0 unspecified atom stereocenters. The van der Waals surface area contributed by atoms with Crippen LogP contribution in [0.25, 0.3) is 0 Å². The van der Waals surface area contributed by atoms with E-state index in [9.17, 15) is 4.79 Å². The van der Waals surface area contributed by atoms with Crippen LogP contribution in [-0.2, 0) is 17.8 Å². The van der Waals surface area contributed by atoms with Gasteiger partial charge in [0, 0.05) is 37.0 Å². The molecule has 1 atom stereocenters. The van der Waals surface area contributed by atoms with Crippen molar-refractivity contribution in [2.45, 2.75) is 45.2 Å². The molecule has 0 N–H and O–H groups in total. The summed E-state index contributed by atoms with van der Waals surface area (Å²) in [5.74, 6) is 0.283. The first-order chi connectivity index (χ1) is 12.1. The van der Waals surface area contributed by atoms with Gasteiger partial charge in [-0.15, -0.1) is 11.3 Å². The lowest BCUT2D eigenvalue weighted by Gasteiger charge is -2.37. The van der Waals surface area contributed by atoms with Crippen molar-refractivity contribution in [3.8, 4) is 0 Å². The van der Waals surface area contributed by atoms with E-state index in [1.165, 1.54) is 16.9 Å². The number of amides is 1. The number of hydrogen-bond acceptors (Lipinski definition) is 4. The van der Waals surface area contributed by atoms with Crippen LogP contribution in [0.1, 0.15) is 35.4 Å². The van der Waals surface area contributed by atoms with Gasteiger partial charge >= 0.3 is 0 Å². The van der Waals surface area contributed by atoms with E-state index >= 15 is 0 Å². The fourth-order valence-electron chi connectivity index (χ4n) is 3.49. The van der Waals surface area contributed by atoms with Crippen molar-refractivity contribution in [3.05, 3.63) is 52.0 Å². The van der Waals surface area contributed by atoms with E-state index in [1.54, 1.807) is 11.3 Å². The number of aryl methyl sites for hydroxylation is 2. The molecule has 1 aliphatic heterocycles. The topological polar surface area (TPSA) is 36.4 Å². The SMILES string of the molecule is Cc1ncsc1CCC(=O)N1CCC[C@H](N(C)Cc2ccccc2)C1. The predicted octanol–water partition coefficient (Wildman–Crippen LogP) is 3.51. The van der Waals surface area contributed by atoms with Crippen LogP contribution in [0, 0.1) is 6.92 Å². The molecule has 134 valence electrons. The summed E-state index contributed by atoms with van der Waals surface area (Å²) in [6.07, 6.45) is 3.67. The molecule has 0 radical (unpaired) electrons. The summed E-state index contributed by atoms with van der Waals surface area (Å²) in [4.78, 5) is 22.6. The molecular weight excluding hydrogens is 330 g/mol. The highest BCUT2D eigenvalue weighted by Gasteiger charge is 2.26. The van der Waals surface area contributed by atoms with Gasteiger partial charge in [0.1, 0.15) is 0 Å². The summed E-state index contributed by atoms with van der Waals surface area (Å²) in [6, 6.07) is 11.0. The second-order valence-electron chi connectivity index (χ2n) is 6.90. The van der Waals surface area contributed by atoms with Gasteiger partial charge in [-0.1, -0.05) is 30.3 Å². The maximum Gasteiger partial charge on any atom is 0.222 e. The lowest BCUT2D eigenvalue weighted by atomic mass is 10.0. The molecule has 0 aliphatic carbocycles. The smallest absolute Gasteiger partial charge is 0.222 e. The third-order valence-electron chi connectivity index (χ3n) is 5.06. The molecule has 3 rings (SSSR count). The van der Waals surface area contributed by atoms with Crippen LogP contribution in [0.15, 0.2) is 35.8 Å². The molecule has 1 saturated heterocycles. The number of thiazole rings is 1. The van der Waals surface area contributed by atoms with Crippen LogP contribution in [0.4, 0.5) is 0 Å². The Hall–Kier alpha value is -1.72. The van der Waals surface area contributed by atoms with Crippen molar-refractivity contribution in [1.82, 2.24) is 14.8 Å². The molecule has 1 fully saturated rings. The van der Waals surface area contributed by atoms with Gasteiger partial charge < -0.3 is 4.90 Å². The number of benzene rings is 1. The zero-order valence-corrected chi connectivity index (χ0v) is 16.0. The van der Waals surface area contributed by atoms with E-state index in [1.807, 2.05) is 12.4 Å². The quantitative estimate of drug-likeness (QED) is 0.794. The number of aromatic nitrogens is 1. The Labute approximate surface area is 154 Å². The number of rotatable bonds is 6. The molecule has 1 aromatic heterocycles. The molecule has 0 saturated carbocycles. The molecule has 4 nitrogen and oxygen atoms in total. The van der Waals surface area contributed by atoms with Gasteiger partial charge in [-0.3, -0.25) is 9.69 Å². The molecule has 0 spiro atoms. The average Bonchev–Trinajstić information content (AvgIpc) is 3.05. The predicted molar refractivity (Wildman–Crippen MR) is 103 cm³/mol. The first-order valence-electron chi connectivity index (χ1n) is 9.04. The average molecular weight is 358 g/mol. The summed E-state index contributed by atoms with van der Waals surface area (Å²) < 4.78 is 0. The lowest BCUT2D eigenvalue weighted by Crippen LogP contribution is -2.48. The number of likely N-dealkylation sites (N-methyl/N-ethyl adjacent to an activating group) is 1. The molecule has 1 amide bonds. The van der Waals surface area contributed by atoms with Crippen molar-refractivity contribution in [3.63, 3.8) is 0 Å². The zero-order valence-electron chi connectivity index (χ0n) is 15.1. The van der Waals surface area contributed by atoms with Crippen LogP contribution in [-0.4, -0.2) is 46.9 Å². The molecule has 1 aliphatic rings. The molecule has 1 aromatic carbocycles. The molecular formula is C20H27N3OS. The second-order valence-corrected chi connectivity index (χ2v) is 7.84. The standard InChI is InChI=1S/C20H27N3OS/c1-16-19(25-15-21-16)10-11-20(24)23-12-6-9-18(14-23)22(2)13-17-7-4-3-5-8-17/h3-5,7-8,15,18H,6,9-14H2,1-2H3/t18-/m0/s1. The molecule has 2 aromatic rings. The van der Waals surface area contributed by atoms with Crippen LogP contribution < -0.4 is 0 Å². The Bertz CT molecular complexity index is 685. The number of nitrogens with zero attached hydrogens (tertiary/aromatic N) is 3. The van der Waals surface area contributed by atoms with E-state index < -0.39 is 0 Å². The Morgan fingerprint density at radius 1 is 1.36 bits per heavy atom. The van der Waals surface area contributed by atoms with Crippen molar-refractivity contribution in [2.75, 3.05) is 20.1 Å². The minimum Gasteiger partial charge on any atom is -0.341 e. The van der Waals surface area contributed by atoms with Gasteiger partial charge in [-0.2, -0.15) is 0 Å². The Balaban J connectivity index is 1.51. The fraction of sp³-hybridized carbons (Fsp3) is 0.500. The largest absolute Gasteiger partial charge is 0.341 e. The van der Waals surface area contributed by atoms with Crippen molar-refractivity contribution in [1.29, 1.82) is 0 Å². The number of piperidine rings is 1. The third kappa shape index (κ3) is 4.89. The summed E-state index contributed by atoms with van der Waals surface area (Å²) in [7, 11) is 2.17. The maximum atomic E-state index is 12.6. The van der Waals surface area contributed by atoms with Crippen LogP contribution in [0.5, 0.6) is 0 Å². The highest BCUT2D eigenvalue weighted by molar-refractivity contribution is 7.09. The van der Waals surface area contributed by atoms with Crippen molar-refractivity contribution in [2.24, 2.45) is 0 Å². The second kappa shape index (κ2) is 8.59. The molecule has 5 heteroatoms. The van der Waals surface area contributed by atoms with E-state index in [4.69, 9.17) is 0 Å². The summed E-state index contributed by atoms with van der Waals surface area (Å²) in [5.41, 5.74) is 4.26. The van der Waals surface area contributed by atoms with E-state index in [0.29, 0.717) is 12.5 Å². The highest BCUT2D eigenvalue weighted by atomic mass is 32.1. The number of carbonyl (C=O) groups is 1. The van der Waals surface area contributed by atoms with Crippen molar-refractivity contribution < 1.29 is 4.79 Å². The number of hydrogen-bond donors (Lipinski definition) is 0. The Morgan fingerprint density at radius 3 is 2.88 bits per heavy atom. The van der Waals surface area contributed by atoms with Gasteiger partial charge in [0.15, 0.2) is 0 Å². The summed E-state index contributed by atoms with van der Waals surface area (Å²) >= 11 is 1.65. The minimum absolute atomic E-state index is 0.283. The molecule has 25 heavy (non-hydrogen) atoms. The summed E-state index contributed by atoms with van der Waals surface area (Å²) in [6.45, 7) is 4.71. The van der Waals surface area contributed by atoms with E-state index in [-0.39, 0.29) is 5.91 Å². The monoisotopic (exact) mass is 357 g/mol. The zero-order chi connectivity index (χ0) is 17.6. The Morgan fingerprint density at radius 2 is 2.16 bits per heavy atom. The fourth-order valence-corrected chi connectivity index (χ4v) is 4.27. The van der Waals surface area contributed by atoms with Gasteiger partial charge in [-0.05, 0) is 38.8 Å². The highest BCUT2D eigenvalue weighted by Crippen LogP contribution is 2.19. The van der Waals surface area contributed by atoms with Gasteiger partial charge in [0.25, 0.3) is 0 Å². The van der Waals surface area contributed by atoms with Crippen LogP contribution in [0.2, 0.25) is 0 Å². The Kier molecular flexibility index (Phi) is 6.21. The number of carbonyl (C=O) groups excluding carboxylic acids is 1. The summed E-state index contributed by atoms with van der Waals surface area (Å²) in [5, 5.41) is 0. The van der Waals surface area contributed by atoms with Crippen LogP contribution >= 0.6 is 11.3 Å². The van der Waals surface area contributed by atoms with E-state index in [0.717, 1.165) is 38.2 Å². The van der Waals surface area contributed by atoms with Crippen LogP contribution in [0.3, 0.4) is 0 Å². The first kappa shape index (κ1) is 18.1. The minimum atomic E-state index is 0.283. The van der Waals surface area contributed by atoms with Gasteiger partial charge in [0.05, 0.1) is 11.2 Å². The number of likely N-dealkylation sites (tertiary alicyclic amines) is 1. The normalized spacial score (nSPS) is 17.9. The van der Waals surface area contributed by atoms with Gasteiger partial charge in [-0.25, -0.2) is 4.98 Å². The maximum absolute atomic E-state index is 12.6. The van der Waals surface area contributed by atoms with Gasteiger partial charge in [0.2, 0.25) is 5.91 Å².